The van der Waals surface area contributed by atoms with Crippen LogP contribution in [0.5, 0.6) is 0 Å². The van der Waals surface area contributed by atoms with E-state index in [2.05, 4.69) is 9.71 Å². The van der Waals surface area contributed by atoms with Crippen LogP contribution in [0, 0.1) is 20.8 Å². The van der Waals surface area contributed by atoms with Crippen molar-refractivity contribution in [2.24, 2.45) is 0 Å². The van der Waals surface area contributed by atoms with Crippen LogP contribution < -0.4 is 10.3 Å². The lowest BCUT2D eigenvalue weighted by Crippen LogP contribution is -2.27. The molecule has 0 bridgehead atoms. The lowest BCUT2D eigenvalue weighted by atomic mass is 10.0. The van der Waals surface area contributed by atoms with Gasteiger partial charge in [0.1, 0.15) is 0 Å². The first-order chi connectivity index (χ1) is 11.8. The average molecular weight is 356 g/mol. The monoisotopic (exact) mass is 356 g/mol. The van der Waals surface area contributed by atoms with Gasteiger partial charge in [-0.25, -0.2) is 13.1 Å². The molecule has 0 atom stereocenters. The van der Waals surface area contributed by atoms with Crippen LogP contribution in [0.15, 0.2) is 52.2 Å². The second kappa shape index (κ2) is 6.46. The van der Waals surface area contributed by atoms with E-state index >= 15 is 0 Å². The van der Waals surface area contributed by atoms with Crippen molar-refractivity contribution in [3.63, 3.8) is 0 Å². The number of rotatable bonds is 4. The number of hydrogen-bond donors (Lipinski definition) is 2. The van der Waals surface area contributed by atoms with Crippen LogP contribution in [0.2, 0.25) is 0 Å². The standard InChI is InChI=1S/C19H20N2O3S/c1-12-8-14(3)16-10-15(19(22)21-17(16)9-12)11-20-25(23,24)18-7-5-4-6-13(18)2/h4-10,20H,11H2,1-3H3,(H,21,22). The highest BCUT2D eigenvalue weighted by Gasteiger charge is 2.17. The molecule has 130 valence electrons. The molecule has 0 saturated carbocycles. The smallest absolute Gasteiger partial charge is 0.252 e. The first-order valence-corrected chi connectivity index (χ1v) is 9.45. The van der Waals surface area contributed by atoms with E-state index in [-0.39, 0.29) is 17.0 Å². The van der Waals surface area contributed by atoms with Gasteiger partial charge in [0.15, 0.2) is 0 Å². The first-order valence-electron chi connectivity index (χ1n) is 7.96. The van der Waals surface area contributed by atoms with Gasteiger partial charge in [0.05, 0.1) is 4.90 Å². The van der Waals surface area contributed by atoms with E-state index in [0.29, 0.717) is 11.1 Å². The normalized spacial score (nSPS) is 11.8. The summed E-state index contributed by atoms with van der Waals surface area (Å²) in [4.78, 5) is 15.3. The molecule has 0 fully saturated rings. The maximum atomic E-state index is 12.5. The molecule has 3 rings (SSSR count). The number of sulfonamides is 1. The summed E-state index contributed by atoms with van der Waals surface area (Å²) in [7, 11) is -3.68. The van der Waals surface area contributed by atoms with Crippen LogP contribution in [-0.2, 0) is 16.6 Å². The summed E-state index contributed by atoms with van der Waals surface area (Å²) < 4.78 is 27.5. The Morgan fingerprint density at radius 3 is 2.44 bits per heavy atom. The van der Waals surface area contributed by atoms with Crippen LogP contribution in [-0.4, -0.2) is 13.4 Å². The minimum Gasteiger partial charge on any atom is -0.322 e. The summed E-state index contributed by atoms with van der Waals surface area (Å²) in [5.74, 6) is 0. The third-order valence-corrected chi connectivity index (χ3v) is 5.79. The van der Waals surface area contributed by atoms with Crippen molar-refractivity contribution in [3.8, 4) is 0 Å². The highest BCUT2D eigenvalue weighted by molar-refractivity contribution is 7.89. The van der Waals surface area contributed by atoms with Gasteiger partial charge < -0.3 is 4.98 Å². The third-order valence-electron chi connectivity index (χ3n) is 4.23. The van der Waals surface area contributed by atoms with Crippen LogP contribution in [0.4, 0.5) is 0 Å². The van der Waals surface area contributed by atoms with Crippen molar-refractivity contribution in [2.75, 3.05) is 0 Å². The number of aromatic amines is 1. The molecule has 1 heterocycles. The van der Waals surface area contributed by atoms with E-state index in [1.54, 1.807) is 37.3 Å². The number of benzene rings is 2. The number of hydrogen-bond acceptors (Lipinski definition) is 3. The molecule has 0 spiro atoms. The van der Waals surface area contributed by atoms with Gasteiger partial charge in [-0.3, -0.25) is 4.79 Å². The van der Waals surface area contributed by atoms with Crippen LogP contribution in [0.1, 0.15) is 22.3 Å². The lowest BCUT2D eigenvalue weighted by Gasteiger charge is -2.10. The van der Waals surface area contributed by atoms with Gasteiger partial charge in [0.25, 0.3) is 5.56 Å². The van der Waals surface area contributed by atoms with E-state index in [1.165, 1.54) is 0 Å². The summed E-state index contributed by atoms with van der Waals surface area (Å²) in [6, 6.07) is 12.4. The molecule has 0 amide bonds. The Morgan fingerprint density at radius 2 is 1.72 bits per heavy atom. The van der Waals surface area contributed by atoms with Crippen LogP contribution in [0.25, 0.3) is 10.9 Å². The lowest BCUT2D eigenvalue weighted by molar-refractivity contribution is 0.580. The Hall–Kier alpha value is -2.44. The van der Waals surface area contributed by atoms with Crippen molar-refractivity contribution < 1.29 is 8.42 Å². The van der Waals surface area contributed by atoms with E-state index < -0.39 is 10.0 Å². The van der Waals surface area contributed by atoms with Gasteiger partial charge >= 0.3 is 0 Å². The van der Waals surface area contributed by atoms with Gasteiger partial charge in [-0.05, 0) is 55.7 Å². The molecule has 0 radical (unpaired) electrons. The zero-order valence-electron chi connectivity index (χ0n) is 14.4. The zero-order chi connectivity index (χ0) is 18.2. The maximum Gasteiger partial charge on any atom is 0.252 e. The van der Waals surface area contributed by atoms with Gasteiger partial charge in [0.2, 0.25) is 10.0 Å². The molecular formula is C19H20N2O3S. The number of aromatic nitrogens is 1. The fourth-order valence-corrected chi connectivity index (χ4v) is 4.21. The quantitative estimate of drug-likeness (QED) is 0.754. The molecular weight excluding hydrogens is 336 g/mol. The summed E-state index contributed by atoms with van der Waals surface area (Å²) in [6.45, 7) is 5.61. The summed E-state index contributed by atoms with van der Waals surface area (Å²) >= 11 is 0. The topological polar surface area (TPSA) is 79.0 Å². The van der Waals surface area contributed by atoms with E-state index in [1.807, 2.05) is 26.0 Å². The molecule has 2 aromatic carbocycles. The second-order valence-electron chi connectivity index (χ2n) is 6.26. The molecule has 25 heavy (non-hydrogen) atoms. The van der Waals surface area contributed by atoms with Crippen molar-refractivity contribution in [3.05, 3.63) is 75.1 Å². The Morgan fingerprint density at radius 1 is 1.00 bits per heavy atom. The van der Waals surface area contributed by atoms with Gasteiger partial charge in [-0.15, -0.1) is 0 Å². The average Bonchev–Trinajstić information content (AvgIpc) is 2.53. The SMILES string of the molecule is Cc1cc(C)c2cc(CNS(=O)(=O)c3ccccc3C)c(=O)[nH]c2c1. The van der Waals surface area contributed by atoms with Crippen LogP contribution >= 0.6 is 0 Å². The molecule has 0 aliphatic carbocycles. The fraction of sp³-hybridized carbons (Fsp3) is 0.211. The molecule has 1 aromatic heterocycles. The maximum absolute atomic E-state index is 12.5. The second-order valence-corrected chi connectivity index (χ2v) is 7.99. The molecule has 0 unspecified atom stereocenters. The number of fused-ring (bicyclic) bond motifs is 1. The largest absolute Gasteiger partial charge is 0.322 e. The predicted octanol–water partition coefficient (Wildman–Crippen LogP) is 2.93. The van der Waals surface area contributed by atoms with Crippen LogP contribution in [0.3, 0.4) is 0 Å². The molecule has 6 heteroatoms. The Balaban J connectivity index is 1.95. The molecule has 0 aliphatic heterocycles. The number of aryl methyl sites for hydroxylation is 3. The number of pyridine rings is 1. The minimum atomic E-state index is -3.68. The molecule has 3 aromatic rings. The number of nitrogens with one attached hydrogen (secondary N) is 2. The summed E-state index contributed by atoms with van der Waals surface area (Å²) in [6.07, 6.45) is 0. The summed E-state index contributed by atoms with van der Waals surface area (Å²) in [5, 5.41) is 0.912. The molecule has 0 aliphatic rings. The van der Waals surface area contributed by atoms with E-state index in [4.69, 9.17) is 0 Å². The Bertz CT molecular complexity index is 1120. The summed E-state index contributed by atoms with van der Waals surface area (Å²) in [5.41, 5.74) is 3.62. The van der Waals surface area contributed by atoms with E-state index in [9.17, 15) is 13.2 Å². The Labute approximate surface area is 146 Å². The molecule has 0 saturated heterocycles. The van der Waals surface area contributed by atoms with Crippen molar-refractivity contribution in [2.45, 2.75) is 32.2 Å². The highest BCUT2D eigenvalue weighted by atomic mass is 32.2. The van der Waals surface area contributed by atoms with Gasteiger partial charge in [0, 0.05) is 23.0 Å². The fourth-order valence-electron chi connectivity index (χ4n) is 2.96. The first kappa shape index (κ1) is 17.4. The van der Waals surface area contributed by atoms with Gasteiger partial charge in [-0.2, -0.15) is 0 Å². The predicted molar refractivity (Wildman–Crippen MR) is 99.2 cm³/mol. The van der Waals surface area contributed by atoms with Gasteiger partial charge in [-0.1, -0.05) is 24.3 Å². The van der Waals surface area contributed by atoms with E-state index in [0.717, 1.165) is 22.0 Å². The zero-order valence-corrected chi connectivity index (χ0v) is 15.2. The molecule has 5 nitrogen and oxygen atoms in total. The Kier molecular flexibility index (Phi) is 4.49. The van der Waals surface area contributed by atoms with Crippen molar-refractivity contribution in [1.82, 2.24) is 9.71 Å². The minimum absolute atomic E-state index is 0.0603. The number of H-pyrrole nitrogens is 1. The van der Waals surface area contributed by atoms with Crippen molar-refractivity contribution in [1.29, 1.82) is 0 Å². The highest BCUT2D eigenvalue weighted by Crippen LogP contribution is 2.19. The molecule has 2 N–H and O–H groups in total. The van der Waals surface area contributed by atoms with Crippen molar-refractivity contribution >= 4 is 20.9 Å². The third kappa shape index (κ3) is 3.50.